The summed E-state index contributed by atoms with van der Waals surface area (Å²) < 4.78 is 10.7. The van der Waals surface area contributed by atoms with E-state index in [1.165, 1.54) is 0 Å². The van der Waals surface area contributed by atoms with Gasteiger partial charge in [-0.15, -0.1) is 0 Å². The highest BCUT2D eigenvalue weighted by Crippen LogP contribution is 2.04. The number of benzene rings is 2. The number of esters is 2. The van der Waals surface area contributed by atoms with Gasteiger partial charge in [0.25, 0.3) is 0 Å². The molecule has 0 spiro atoms. The standard InChI is InChI=1S/C26H35NO4/c1-2-3-18-27(19-14-25(28)30-21-16-23-10-6-4-7-11-23)20-15-26(29)31-22-17-24-12-8-5-9-13-24/h4-13H,2-3,14-22H2,1H3. The third-order valence-electron chi connectivity index (χ3n) is 5.09. The van der Waals surface area contributed by atoms with Crippen LogP contribution in [0.5, 0.6) is 0 Å². The molecule has 0 unspecified atom stereocenters. The highest BCUT2D eigenvalue weighted by molar-refractivity contribution is 5.70. The summed E-state index contributed by atoms with van der Waals surface area (Å²) in [5.41, 5.74) is 2.32. The fourth-order valence-electron chi connectivity index (χ4n) is 3.22. The Hall–Kier alpha value is -2.66. The van der Waals surface area contributed by atoms with E-state index in [0.717, 1.165) is 43.4 Å². The van der Waals surface area contributed by atoms with Crippen LogP contribution in [0.1, 0.15) is 43.7 Å². The third kappa shape index (κ3) is 11.3. The van der Waals surface area contributed by atoms with Crippen LogP contribution in [-0.4, -0.2) is 49.7 Å². The van der Waals surface area contributed by atoms with E-state index in [4.69, 9.17) is 9.47 Å². The van der Waals surface area contributed by atoms with Crippen LogP contribution in [0.15, 0.2) is 60.7 Å². The number of hydrogen-bond acceptors (Lipinski definition) is 5. The van der Waals surface area contributed by atoms with Crippen molar-refractivity contribution in [3.63, 3.8) is 0 Å². The van der Waals surface area contributed by atoms with Gasteiger partial charge in [0, 0.05) is 25.9 Å². The minimum atomic E-state index is -0.192. The molecular formula is C26H35NO4. The van der Waals surface area contributed by atoms with Crippen molar-refractivity contribution in [2.45, 2.75) is 45.4 Å². The molecule has 0 aliphatic rings. The Bertz CT molecular complexity index is 687. The number of ether oxygens (including phenoxy) is 2. The van der Waals surface area contributed by atoms with E-state index in [9.17, 15) is 9.59 Å². The lowest BCUT2D eigenvalue weighted by Gasteiger charge is -2.21. The van der Waals surface area contributed by atoms with E-state index >= 15 is 0 Å². The Labute approximate surface area is 186 Å². The fourth-order valence-corrected chi connectivity index (χ4v) is 3.22. The van der Waals surface area contributed by atoms with Crippen LogP contribution < -0.4 is 0 Å². The number of carbonyl (C=O) groups excluding carboxylic acids is 2. The van der Waals surface area contributed by atoms with Gasteiger partial charge in [-0.25, -0.2) is 0 Å². The summed E-state index contributed by atoms with van der Waals surface area (Å²) >= 11 is 0. The molecule has 0 radical (unpaired) electrons. The molecule has 0 aliphatic carbocycles. The van der Waals surface area contributed by atoms with Gasteiger partial charge in [0.1, 0.15) is 0 Å². The Balaban J connectivity index is 1.62. The summed E-state index contributed by atoms with van der Waals surface area (Å²) in [6, 6.07) is 20.0. The summed E-state index contributed by atoms with van der Waals surface area (Å²) in [5.74, 6) is -0.384. The van der Waals surface area contributed by atoms with Crippen molar-refractivity contribution in [3.05, 3.63) is 71.8 Å². The molecule has 0 aliphatic heterocycles. The molecule has 0 N–H and O–H groups in total. The van der Waals surface area contributed by atoms with Gasteiger partial charge < -0.3 is 14.4 Å². The largest absolute Gasteiger partial charge is 0.465 e. The van der Waals surface area contributed by atoms with E-state index in [0.29, 0.717) is 39.1 Å². The first-order valence-corrected chi connectivity index (χ1v) is 11.3. The summed E-state index contributed by atoms with van der Waals surface area (Å²) in [5, 5.41) is 0. The number of hydrogen-bond donors (Lipinski definition) is 0. The van der Waals surface area contributed by atoms with Crippen molar-refractivity contribution in [3.8, 4) is 0 Å². The van der Waals surface area contributed by atoms with E-state index in [-0.39, 0.29) is 11.9 Å². The highest BCUT2D eigenvalue weighted by Gasteiger charge is 2.12. The third-order valence-corrected chi connectivity index (χ3v) is 5.09. The molecule has 31 heavy (non-hydrogen) atoms. The SMILES string of the molecule is CCCCN(CCC(=O)OCCc1ccccc1)CCC(=O)OCCc1ccccc1. The molecular weight excluding hydrogens is 390 g/mol. The Morgan fingerprint density at radius 3 is 1.58 bits per heavy atom. The molecule has 0 aromatic heterocycles. The Morgan fingerprint density at radius 2 is 1.16 bits per heavy atom. The van der Waals surface area contributed by atoms with Gasteiger partial charge in [0.05, 0.1) is 26.1 Å². The summed E-state index contributed by atoms with van der Waals surface area (Å²) in [7, 11) is 0. The van der Waals surface area contributed by atoms with Gasteiger partial charge in [-0.1, -0.05) is 74.0 Å². The lowest BCUT2D eigenvalue weighted by Crippen LogP contribution is -2.30. The average molecular weight is 426 g/mol. The Morgan fingerprint density at radius 1 is 0.710 bits per heavy atom. The molecule has 2 aromatic rings. The maximum atomic E-state index is 12.1. The maximum Gasteiger partial charge on any atom is 0.307 e. The van der Waals surface area contributed by atoms with Crippen molar-refractivity contribution in [1.29, 1.82) is 0 Å². The topological polar surface area (TPSA) is 55.8 Å². The predicted molar refractivity (Wildman–Crippen MR) is 123 cm³/mol. The maximum absolute atomic E-state index is 12.1. The van der Waals surface area contributed by atoms with Gasteiger partial charge in [-0.05, 0) is 24.1 Å². The van der Waals surface area contributed by atoms with Crippen molar-refractivity contribution in [2.75, 3.05) is 32.8 Å². The summed E-state index contributed by atoms with van der Waals surface area (Å²) in [4.78, 5) is 26.3. The number of unbranched alkanes of at least 4 members (excludes halogenated alkanes) is 1. The summed E-state index contributed by atoms with van der Waals surface area (Å²) in [6.45, 7) is 4.99. The van der Waals surface area contributed by atoms with Crippen LogP contribution in [0, 0.1) is 0 Å². The van der Waals surface area contributed by atoms with E-state index in [2.05, 4.69) is 11.8 Å². The van der Waals surface area contributed by atoms with Crippen LogP contribution >= 0.6 is 0 Å². The van der Waals surface area contributed by atoms with Gasteiger partial charge in [-0.2, -0.15) is 0 Å². The Kier molecular flexibility index (Phi) is 12.1. The molecule has 2 aromatic carbocycles. The predicted octanol–water partition coefficient (Wildman–Crippen LogP) is 4.44. The fraction of sp³-hybridized carbons (Fsp3) is 0.462. The van der Waals surface area contributed by atoms with Gasteiger partial charge in [0.15, 0.2) is 0 Å². The van der Waals surface area contributed by atoms with Gasteiger partial charge in [-0.3, -0.25) is 9.59 Å². The van der Waals surface area contributed by atoms with E-state index < -0.39 is 0 Å². The number of nitrogens with zero attached hydrogens (tertiary/aromatic N) is 1. The number of rotatable bonds is 15. The minimum absolute atomic E-state index is 0.192. The van der Waals surface area contributed by atoms with Crippen LogP contribution in [-0.2, 0) is 31.9 Å². The monoisotopic (exact) mass is 425 g/mol. The molecule has 0 saturated heterocycles. The molecule has 0 bridgehead atoms. The van der Waals surface area contributed by atoms with Crippen LogP contribution in [0.4, 0.5) is 0 Å². The normalized spacial score (nSPS) is 10.8. The first kappa shape index (κ1) is 24.6. The zero-order chi connectivity index (χ0) is 22.2. The molecule has 5 nitrogen and oxygen atoms in total. The smallest absolute Gasteiger partial charge is 0.307 e. The molecule has 2 rings (SSSR count). The molecule has 0 amide bonds. The van der Waals surface area contributed by atoms with Crippen molar-refractivity contribution < 1.29 is 19.1 Å². The lowest BCUT2D eigenvalue weighted by atomic mass is 10.2. The van der Waals surface area contributed by atoms with E-state index in [1.807, 2.05) is 60.7 Å². The molecule has 0 atom stereocenters. The second kappa shape index (κ2) is 15.2. The second-order valence-corrected chi connectivity index (χ2v) is 7.61. The zero-order valence-electron chi connectivity index (χ0n) is 18.6. The van der Waals surface area contributed by atoms with Gasteiger partial charge >= 0.3 is 11.9 Å². The molecule has 5 heteroatoms. The van der Waals surface area contributed by atoms with E-state index in [1.54, 1.807) is 0 Å². The van der Waals surface area contributed by atoms with Crippen molar-refractivity contribution in [1.82, 2.24) is 4.90 Å². The first-order valence-electron chi connectivity index (χ1n) is 11.3. The van der Waals surface area contributed by atoms with Gasteiger partial charge in [0.2, 0.25) is 0 Å². The average Bonchev–Trinajstić information content (AvgIpc) is 2.80. The highest BCUT2D eigenvalue weighted by atomic mass is 16.5. The molecule has 0 saturated carbocycles. The molecule has 0 heterocycles. The summed E-state index contributed by atoms with van der Waals surface area (Å²) in [6.07, 6.45) is 4.22. The van der Waals surface area contributed by atoms with Crippen LogP contribution in [0.3, 0.4) is 0 Å². The molecule has 168 valence electrons. The minimum Gasteiger partial charge on any atom is -0.465 e. The second-order valence-electron chi connectivity index (χ2n) is 7.61. The van der Waals surface area contributed by atoms with Crippen molar-refractivity contribution in [2.24, 2.45) is 0 Å². The van der Waals surface area contributed by atoms with Crippen molar-refractivity contribution >= 4 is 11.9 Å². The quantitative estimate of drug-likeness (QED) is 0.395. The molecule has 0 fully saturated rings. The van der Waals surface area contributed by atoms with Crippen LogP contribution in [0.2, 0.25) is 0 Å². The zero-order valence-corrected chi connectivity index (χ0v) is 18.6. The van der Waals surface area contributed by atoms with Crippen LogP contribution in [0.25, 0.3) is 0 Å². The number of carbonyl (C=O) groups is 2. The lowest BCUT2D eigenvalue weighted by molar-refractivity contribution is -0.144. The first-order chi connectivity index (χ1) is 15.2.